The summed E-state index contributed by atoms with van der Waals surface area (Å²) in [5.41, 5.74) is 1.28. The number of hydrogen-bond acceptors (Lipinski definition) is 6. The van der Waals surface area contributed by atoms with E-state index in [0.29, 0.717) is 34.6 Å². The molecule has 0 saturated carbocycles. The molecule has 7 heteroatoms. The Balaban J connectivity index is 1.28. The van der Waals surface area contributed by atoms with E-state index in [0.717, 1.165) is 25.0 Å². The SMILES string of the molecule is O=C(OCc1ncc(-c2ccc(Cl)cc2)o1)c1ccc(OC[C@H]2CCCO2)cc1. The van der Waals surface area contributed by atoms with Gasteiger partial charge in [-0.3, -0.25) is 0 Å². The Labute approximate surface area is 173 Å². The predicted octanol–water partition coefficient (Wildman–Crippen LogP) is 4.91. The first-order valence-electron chi connectivity index (χ1n) is 9.39. The number of ether oxygens (including phenoxy) is 3. The highest BCUT2D eigenvalue weighted by atomic mass is 35.5. The molecule has 3 aromatic rings. The van der Waals surface area contributed by atoms with Crippen LogP contribution < -0.4 is 4.74 Å². The molecule has 1 aromatic heterocycles. The van der Waals surface area contributed by atoms with E-state index in [1.807, 2.05) is 12.1 Å². The highest BCUT2D eigenvalue weighted by Gasteiger charge is 2.16. The van der Waals surface area contributed by atoms with Crippen molar-refractivity contribution in [3.05, 3.63) is 71.2 Å². The third kappa shape index (κ3) is 5.16. The number of benzene rings is 2. The van der Waals surface area contributed by atoms with Gasteiger partial charge in [0, 0.05) is 17.2 Å². The van der Waals surface area contributed by atoms with Crippen LogP contribution in [0.15, 0.2) is 59.1 Å². The number of aromatic nitrogens is 1. The molecular formula is C22H20ClNO5. The van der Waals surface area contributed by atoms with Crippen LogP contribution in [0.2, 0.25) is 5.02 Å². The van der Waals surface area contributed by atoms with Crippen LogP contribution in [0.4, 0.5) is 0 Å². The first kappa shape index (κ1) is 19.5. The average molecular weight is 414 g/mol. The predicted molar refractivity (Wildman–Crippen MR) is 107 cm³/mol. The summed E-state index contributed by atoms with van der Waals surface area (Å²) < 4.78 is 22.1. The van der Waals surface area contributed by atoms with Crippen molar-refractivity contribution >= 4 is 17.6 Å². The maximum atomic E-state index is 12.2. The summed E-state index contributed by atoms with van der Waals surface area (Å²) in [5, 5.41) is 0.644. The van der Waals surface area contributed by atoms with Gasteiger partial charge in [-0.2, -0.15) is 0 Å². The van der Waals surface area contributed by atoms with Crippen LogP contribution in [0.1, 0.15) is 29.1 Å². The molecule has 0 amide bonds. The molecule has 1 fully saturated rings. The van der Waals surface area contributed by atoms with Crippen LogP contribution in [0.3, 0.4) is 0 Å². The second-order valence-corrected chi connectivity index (χ2v) is 7.11. The zero-order valence-electron chi connectivity index (χ0n) is 15.7. The number of nitrogens with zero attached hydrogens (tertiary/aromatic N) is 1. The van der Waals surface area contributed by atoms with Gasteiger partial charge in [-0.05, 0) is 61.4 Å². The lowest BCUT2D eigenvalue weighted by Gasteiger charge is -2.11. The lowest BCUT2D eigenvalue weighted by molar-refractivity contribution is 0.0438. The third-order valence-electron chi connectivity index (χ3n) is 4.56. The van der Waals surface area contributed by atoms with Gasteiger partial charge in [0.1, 0.15) is 12.4 Å². The Bertz CT molecular complexity index is 946. The maximum Gasteiger partial charge on any atom is 0.338 e. The van der Waals surface area contributed by atoms with Crippen molar-refractivity contribution in [2.45, 2.75) is 25.6 Å². The number of hydrogen-bond donors (Lipinski definition) is 0. The minimum atomic E-state index is -0.457. The first-order chi connectivity index (χ1) is 14.2. The number of halogens is 1. The number of oxazole rings is 1. The van der Waals surface area contributed by atoms with Gasteiger partial charge in [0.25, 0.3) is 0 Å². The molecule has 1 atom stereocenters. The van der Waals surface area contributed by atoms with Crippen LogP contribution >= 0.6 is 11.6 Å². The molecule has 4 rings (SSSR count). The molecule has 2 aromatic carbocycles. The lowest BCUT2D eigenvalue weighted by atomic mass is 10.2. The molecule has 1 aliphatic heterocycles. The topological polar surface area (TPSA) is 70.8 Å². The van der Waals surface area contributed by atoms with Crippen molar-refractivity contribution in [1.82, 2.24) is 4.98 Å². The Hall–Kier alpha value is -2.83. The van der Waals surface area contributed by atoms with Gasteiger partial charge >= 0.3 is 5.97 Å². The van der Waals surface area contributed by atoms with E-state index in [2.05, 4.69) is 4.98 Å². The zero-order valence-corrected chi connectivity index (χ0v) is 16.4. The van der Waals surface area contributed by atoms with Crippen molar-refractivity contribution in [1.29, 1.82) is 0 Å². The van der Waals surface area contributed by atoms with Crippen LogP contribution in [-0.2, 0) is 16.1 Å². The summed E-state index contributed by atoms with van der Waals surface area (Å²) in [5.74, 6) is 1.14. The summed E-state index contributed by atoms with van der Waals surface area (Å²) in [6, 6.07) is 14.0. The molecule has 0 bridgehead atoms. The van der Waals surface area contributed by atoms with Crippen molar-refractivity contribution < 1.29 is 23.4 Å². The Morgan fingerprint density at radius 2 is 1.93 bits per heavy atom. The van der Waals surface area contributed by atoms with Crippen LogP contribution in [0.25, 0.3) is 11.3 Å². The highest BCUT2D eigenvalue weighted by Crippen LogP contribution is 2.23. The summed E-state index contributed by atoms with van der Waals surface area (Å²) in [6.45, 7) is 1.26. The fourth-order valence-corrected chi connectivity index (χ4v) is 3.11. The van der Waals surface area contributed by atoms with Gasteiger partial charge in [-0.25, -0.2) is 9.78 Å². The van der Waals surface area contributed by atoms with E-state index in [1.54, 1.807) is 42.6 Å². The van der Waals surface area contributed by atoms with Crippen molar-refractivity contribution in [2.24, 2.45) is 0 Å². The molecule has 0 spiro atoms. The molecule has 2 heterocycles. The molecule has 150 valence electrons. The smallest absolute Gasteiger partial charge is 0.338 e. The largest absolute Gasteiger partial charge is 0.491 e. The van der Waals surface area contributed by atoms with Crippen LogP contribution in [-0.4, -0.2) is 30.3 Å². The van der Waals surface area contributed by atoms with Crippen molar-refractivity contribution in [3.63, 3.8) is 0 Å². The van der Waals surface area contributed by atoms with Gasteiger partial charge in [0.2, 0.25) is 5.89 Å². The summed E-state index contributed by atoms with van der Waals surface area (Å²) in [6.07, 6.45) is 3.83. The molecule has 0 N–H and O–H groups in total. The van der Waals surface area contributed by atoms with Crippen LogP contribution in [0.5, 0.6) is 5.75 Å². The maximum absolute atomic E-state index is 12.2. The Morgan fingerprint density at radius 3 is 2.66 bits per heavy atom. The number of rotatable bonds is 7. The molecule has 1 aliphatic rings. The lowest BCUT2D eigenvalue weighted by Crippen LogP contribution is -2.16. The van der Waals surface area contributed by atoms with E-state index in [4.69, 9.17) is 30.2 Å². The molecule has 29 heavy (non-hydrogen) atoms. The third-order valence-corrected chi connectivity index (χ3v) is 4.81. The second kappa shape index (κ2) is 9.11. The summed E-state index contributed by atoms with van der Waals surface area (Å²) in [7, 11) is 0. The normalized spacial score (nSPS) is 16.0. The summed E-state index contributed by atoms with van der Waals surface area (Å²) in [4.78, 5) is 16.4. The number of carbonyl (C=O) groups is 1. The molecular weight excluding hydrogens is 394 g/mol. The molecule has 0 unspecified atom stereocenters. The van der Waals surface area contributed by atoms with Crippen molar-refractivity contribution in [3.8, 4) is 17.1 Å². The van der Waals surface area contributed by atoms with Crippen molar-refractivity contribution in [2.75, 3.05) is 13.2 Å². The minimum Gasteiger partial charge on any atom is -0.491 e. The van der Waals surface area contributed by atoms with E-state index >= 15 is 0 Å². The quantitative estimate of drug-likeness (QED) is 0.512. The second-order valence-electron chi connectivity index (χ2n) is 6.67. The average Bonchev–Trinajstić information content (AvgIpc) is 3.44. The van der Waals surface area contributed by atoms with E-state index < -0.39 is 5.97 Å². The monoisotopic (exact) mass is 413 g/mol. The van der Waals surface area contributed by atoms with Gasteiger partial charge in [0.15, 0.2) is 12.4 Å². The molecule has 6 nitrogen and oxygen atoms in total. The van der Waals surface area contributed by atoms with E-state index in [9.17, 15) is 4.79 Å². The van der Waals surface area contributed by atoms with Crippen LogP contribution in [0, 0.1) is 0 Å². The van der Waals surface area contributed by atoms with Gasteiger partial charge < -0.3 is 18.6 Å². The Kier molecular flexibility index (Phi) is 6.12. The fourth-order valence-electron chi connectivity index (χ4n) is 2.99. The van der Waals surface area contributed by atoms with E-state index in [-0.39, 0.29) is 12.7 Å². The molecule has 1 saturated heterocycles. The highest BCUT2D eigenvalue weighted by molar-refractivity contribution is 6.30. The summed E-state index contributed by atoms with van der Waals surface area (Å²) >= 11 is 5.89. The standard InChI is InChI=1S/C22H20ClNO5/c23-17-7-3-15(4-8-17)20-12-24-21(29-20)14-28-22(25)16-5-9-18(10-6-16)27-13-19-2-1-11-26-19/h3-10,12,19H,1-2,11,13-14H2/t19-/m1/s1. The Morgan fingerprint density at radius 1 is 1.14 bits per heavy atom. The van der Waals surface area contributed by atoms with Gasteiger partial charge in [-0.15, -0.1) is 0 Å². The first-order valence-corrected chi connectivity index (χ1v) is 9.77. The van der Waals surface area contributed by atoms with Gasteiger partial charge in [0.05, 0.1) is 17.9 Å². The van der Waals surface area contributed by atoms with Gasteiger partial charge in [-0.1, -0.05) is 11.6 Å². The zero-order chi connectivity index (χ0) is 20.1. The molecule has 0 radical (unpaired) electrons. The molecule has 0 aliphatic carbocycles. The van der Waals surface area contributed by atoms with E-state index in [1.165, 1.54) is 0 Å². The minimum absolute atomic E-state index is 0.0519. The number of carbonyl (C=O) groups excluding carboxylic acids is 1. The fraction of sp³-hybridized carbons (Fsp3) is 0.273. The number of esters is 1.